The highest BCUT2D eigenvalue weighted by Crippen LogP contribution is 2.15. The van der Waals surface area contributed by atoms with Crippen molar-refractivity contribution in [3.05, 3.63) is 0 Å². The Hall–Kier alpha value is -1.10. The van der Waals surface area contributed by atoms with Gasteiger partial charge in [-0.1, -0.05) is 6.92 Å². The zero-order valence-corrected chi connectivity index (χ0v) is 11.8. The summed E-state index contributed by atoms with van der Waals surface area (Å²) in [5.74, 6) is 0.675. The molecular weight excluding hydrogens is 242 g/mol. The Labute approximate surface area is 115 Å². The maximum atomic E-state index is 12.4. The van der Waals surface area contributed by atoms with Crippen molar-refractivity contribution in [2.24, 2.45) is 5.92 Å². The Morgan fingerprint density at radius 2 is 2.26 bits per heavy atom. The zero-order chi connectivity index (χ0) is 13.7. The van der Waals surface area contributed by atoms with Crippen LogP contribution in [0.2, 0.25) is 0 Å². The van der Waals surface area contributed by atoms with Crippen LogP contribution >= 0.6 is 0 Å². The molecule has 0 saturated carbocycles. The molecule has 2 amide bonds. The predicted octanol–water partition coefficient (Wildman–Crippen LogP) is 0.503. The number of hydrogen-bond donors (Lipinski definition) is 2. The van der Waals surface area contributed by atoms with Gasteiger partial charge in [0.15, 0.2) is 0 Å². The van der Waals surface area contributed by atoms with Crippen LogP contribution in [0.5, 0.6) is 0 Å². The fourth-order valence-electron chi connectivity index (χ4n) is 2.97. The first-order chi connectivity index (χ1) is 9.20. The Morgan fingerprint density at radius 3 is 2.84 bits per heavy atom. The fraction of sp³-hybridized carbons (Fsp3) is 0.857. The van der Waals surface area contributed by atoms with Crippen LogP contribution in [0.4, 0.5) is 0 Å². The molecule has 2 aliphatic heterocycles. The summed E-state index contributed by atoms with van der Waals surface area (Å²) < 4.78 is 0. The molecule has 0 spiro atoms. The van der Waals surface area contributed by atoms with Crippen molar-refractivity contribution < 1.29 is 9.59 Å². The lowest BCUT2D eigenvalue weighted by atomic mass is 9.98. The number of carbonyl (C=O) groups excluding carboxylic acids is 2. The van der Waals surface area contributed by atoms with E-state index in [0.717, 1.165) is 32.6 Å². The van der Waals surface area contributed by atoms with E-state index in [9.17, 15) is 9.59 Å². The highest BCUT2D eigenvalue weighted by Gasteiger charge is 2.31. The van der Waals surface area contributed by atoms with Crippen molar-refractivity contribution in [1.82, 2.24) is 15.5 Å². The second-order valence-electron chi connectivity index (χ2n) is 5.66. The van der Waals surface area contributed by atoms with Crippen LogP contribution in [-0.2, 0) is 9.59 Å². The van der Waals surface area contributed by atoms with Gasteiger partial charge in [0.05, 0.1) is 0 Å². The Kier molecular flexibility index (Phi) is 5.19. The molecule has 0 bridgehead atoms. The fourth-order valence-corrected chi connectivity index (χ4v) is 2.97. The van der Waals surface area contributed by atoms with Crippen LogP contribution in [0.1, 0.15) is 39.0 Å². The number of carbonyl (C=O) groups is 2. The molecule has 0 aromatic heterocycles. The third-order valence-corrected chi connectivity index (χ3v) is 3.98. The van der Waals surface area contributed by atoms with Crippen molar-refractivity contribution in [3.8, 4) is 0 Å². The van der Waals surface area contributed by atoms with Gasteiger partial charge in [-0.05, 0) is 44.7 Å². The van der Waals surface area contributed by atoms with E-state index in [1.165, 1.54) is 12.8 Å². The first kappa shape index (κ1) is 14.3. The second kappa shape index (κ2) is 6.89. The van der Waals surface area contributed by atoms with Crippen molar-refractivity contribution in [2.75, 3.05) is 26.2 Å². The molecule has 2 saturated heterocycles. The quantitative estimate of drug-likeness (QED) is 0.762. The Morgan fingerprint density at radius 1 is 1.42 bits per heavy atom. The van der Waals surface area contributed by atoms with E-state index < -0.39 is 0 Å². The van der Waals surface area contributed by atoms with E-state index in [4.69, 9.17) is 0 Å². The molecule has 0 aliphatic carbocycles. The average Bonchev–Trinajstić information content (AvgIpc) is 2.85. The molecule has 2 atom stereocenters. The van der Waals surface area contributed by atoms with Crippen LogP contribution < -0.4 is 10.6 Å². The minimum atomic E-state index is -0.282. The SMILES string of the molecule is CCCN(CC1CCCNC1)C(=O)[C@@H]1CCC(=O)N1. The summed E-state index contributed by atoms with van der Waals surface area (Å²) in [5.41, 5.74) is 0. The molecule has 108 valence electrons. The maximum absolute atomic E-state index is 12.4. The number of piperidine rings is 1. The van der Waals surface area contributed by atoms with Crippen molar-refractivity contribution >= 4 is 11.8 Å². The topological polar surface area (TPSA) is 61.4 Å². The van der Waals surface area contributed by atoms with Gasteiger partial charge in [0.1, 0.15) is 6.04 Å². The normalized spacial score (nSPS) is 27.1. The molecule has 2 fully saturated rings. The first-order valence-corrected chi connectivity index (χ1v) is 7.49. The molecular formula is C14H25N3O2. The average molecular weight is 267 g/mol. The van der Waals surface area contributed by atoms with E-state index in [2.05, 4.69) is 17.6 Å². The molecule has 5 heteroatoms. The molecule has 0 aromatic carbocycles. The highest BCUT2D eigenvalue weighted by atomic mass is 16.2. The van der Waals surface area contributed by atoms with Gasteiger partial charge < -0.3 is 15.5 Å². The molecule has 5 nitrogen and oxygen atoms in total. The first-order valence-electron chi connectivity index (χ1n) is 7.49. The van der Waals surface area contributed by atoms with Gasteiger partial charge in [0.25, 0.3) is 0 Å². The van der Waals surface area contributed by atoms with Gasteiger partial charge in [-0.15, -0.1) is 0 Å². The number of nitrogens with one attached hydrogen (secondary N) is 2. The lowest BCUT2D eigenvalue weighted by molar-refractivity contribution is -0.135. The standard InChI is InChI=1S/C14H25N3O2/c1-2-8-17(10-11-4-3-7-15-9-11)14(19)12-5-6-13(18)16-12/h11-12,15H,2-10H2,1H3,(H,16,18)/t11?,12-/m0/s1. The smallest absolute Gasteiger partial charge is 0.245 e. The van der Waals surface area contributed by atoms with Gasteiger partial charge in [-0.3, -0.25) is 9.59 Å². The third kappa shape index (κ3) is 3.93. The molecule has 19 heavy (non-hydrogen) atoms. The Balaban J connectivity index is 1.90. The number of hydrogen-bond acceptors (Lipinski definition) is 3. The molecule has 2 rings (SSSR count). The van der Waals surface area contributed by atoms with E-state index in [0.29, 0.717) is 18.8 Å². The maximum Gasteiger partial charge on any atom is 0.245 e. The summed E-state index contributed by atoms with van der Waals surface area (Å²) in [5, 5.41) is 6.17. The highest BCUT2D eigenvalue weighted by molar-refractivity contribution is 5.90. The van der Waals surface area contributed by atoms with Crippen LogP contribution in [0.3, 0.4) is 0 Å². The summed E-state index contributed by atoms with van der Waals surface area (Å²) in [7, 11) is 0. The van der Waals surface area contributed by atoms with Gasteiger partial charge in [-0.25, -0.2) is 0 Å². The van der Waals surface area contributed by atoms with Gasteiger partial charge in [-0.2, -0.15) is 0 Å². The van der Waals surface area contributed by atoms with Crippen LogP contribution in [0.25, 0.3) is 0 Å². The molecule has 0 radical (unpaired) electrons. The van der Waals surface area contributed by atoms with Crippen molar-refractivity contribution in [1.29, 1.82) is 0 Å². The number of rotatable bonds is 5. The third-order valence-electron chi connectivity index (χ3n) is 3.98. The van der Waals surface area contributed by atoms with Gasteiger partial charge in [0, 0.05) is 19.5 Å². The monoisotopic (exact) mass is 267 g/mol. The summed E-state index contributed by atoms with van der Waals surface area (Å²) in [4.78, 5) is 25.6. The summed E-state index contributed by atoms with van der Waals surface area (Å²) in [6.45, 7) is 5.81. The van der Waals surface area contributed by atoms with E-state index >= 15 is 0 Å². The lowest BCUT2D eigenvalue weighted by Gasteiger charge is -2.31. The predicted molar refractivity (Wildman–Crippen MR) is 73.6 cm³/mol. The van der Waals surface area contributed by atoms with E-state index in [-0.39, 0.29) is 17.9 Å². The van der Waals surface area contributed by atoms with Crippen LogP contribution in [0, 0.1) is 5.92 Å². The van der Waals surface area contributed by atoms with Gasteiger partial charge in [0.2, 0.25) is 11.8 Å². The van der Waals surface area contributed by atoms with Crippen LogP contribution in [0.15, 0.2) is 0 Å². The minimum absolute atomic E-state index is 0.00846. The number of nitrogens with zero attached hydrogens (tertiary/aromatic N) is 1. The van der Waals surface area contributed by atoms with Crippen molar-refractivity contribution in [2.45, 2.75) is 45.1 Å². The summed E-state index contributed by atoms with van der Waals surface area (Å²) in [6.07, 6.45) is 4.49. The summed E-state index contributed by atoms with van der Waals surface area (Å²) >= 11 is 0. The van der Waals surface area contributed by atoms with Crippen molar-refractivity contribution in [3.63, 3.8) is 0 Å². The Bertz CT molecular complexity index is 327. The van der Waals surface area contributed by atoms with Gasteiger partial charge >= 0.3 is 0 Å². The summed E-state index contributed by atoms with van der Waals surface area (Å²) in [6, 6.07) is -0.282. The molecule has 2 heterocycles. The van der Waals surface area contributed by atoms with E-state index in [1.54, 1.807) is 0 Å². The molecule has 2 aliphatic rings. The molecule has 0 aromatic rings. The minimum Gasteiger partial charge on any atom is -0.344 e. The number of amides is 2. The largest absolute Gasteiger partial charge is 0.344 e. The molecule has 2 N–H and O–H groups in total. The molecule has 1 unspecified atom stereocenters. The zero-order valence-electron chi connectivity index (χ0n) is 11.8. The van der Waals surface area contributed by atoms with Crippen LogP contribution in [-0.4, -0.2) is 48.9 Å². The lowest BCUT2D eigenvalue weighted by Crippen LogP contribution is -2.48. The second-order valence-corrected chi connectivity index (χ2v) is 5.66. The van der Waals surface area contributed by atoms with E-state index in [1.807, 2.05) is 4.90 Å².